The molecule has 1 amide bonds. The van der Waals surface area contributed by atoms with Gasteiger partial charge in [-0.3, -0.25) is 4.48 Å². The van der Waals surface area contributed by atoms with E-state index in [0.29, 0.717) is 11.3 Å². The average molecular weight is 194 g/mol. The van der Waals surface area contributed by atoms with Gasteiger partial charge in [0.2, 0.25) is 0 Å². The third-order valence-corrected chi connectivity index (χ3v) is 1.93. The molecule has 0 aromatic heterocycles. The van der Waals surface area contributed by atoms with Crippen molar-refractivity contribution in [1.29, 1.82) is 0 Å². The lowest BCUT2D eigenvalue weighted by molar-refractivity contribution is -0.785. The monoisotopic (exact) mass is 194 g/mol. The van der Waals surface area contributed by atoms with E-state index < -0.39 is 0 Å². The number of rotatable bonds is 2. The van der Waals surface area contributed by atoms with Gasteiger partial charge in [0.15, 0.2) is 0 Å². The van der Waals surface area contributed by atoms with E-state index in [1.54, 1.807) is 19.2 Å². The largest absolute Gasteiger partial charge is 0.497 e. The Morgan fingerprint density at radius 2 is 1.93 bits per heavy atom. The highest BCUT2D eigenvalue weighted by Crippen LogP contribution is 2.15. The number of benzene rings is 1. The van der Waals surface area contributed by atoms with Crippen molar-refractivity contribution < 1.29 is 14.0 Å². The summed E-state index contributed by atoms with van der Waals surface area (Å²) in [4.78, 5) is 11.9. The maximum Gasteiger partial charge on any atom is 0.345 e. The van der Waals surface area contributed by atoms with E-state index in [2.05, 4.69) is 0 Å². The van der Waals surface area contributed by atoms with Crippen molar-refractivity contribution in [1.82, 2.24) is 0 Å². The van der Waals surface area contributed by atoms with Gasteiger partial charge in [0.1, 0.15) is 5.75 Å². The Kier molecular flexibility index (Phi) is 2.91. The number of hydrogen-bond acceptors (Lipinski definition) is 2. The van der Waals surface area contributed by atoms with Crippen LogP contribution in [-0.2, 0) is 0 Å². The van der Waals surface area contributed by atoms with Crippen molar-refractivity contribution in [2.24, 2.45) is 0 Å². The SMILES string of the molecule is COc1cccc(C(=O)[N+](C)(C)C)c1. The Morgan fingerprint density at radius 3 is 2.43 bits per heavy atom. The predicted octanol–water partition coefficient (Wildman–Crippen LogP) is 1.54. The lowest BCUT2D eigenvalue weighted by Gasteiger charge is -2.20. The lowest BCUT2D eigenvalue weighted by atomic mass is 10.2. The summed E-state index contributed by atoms with van der Waals surface area (Å²) in [5.41, 5.74) is 0.678. The van der Waals surface area contributed by atoms with Crippen molar-refractivity contribution in [2.45, 2.75) is 0 Å². The van der Waals surface area contributed by atoms with Gasteiger partial charge in [-0.15, -0.1) is 0 Å². The minimum absolute atomic E-state index is 0.0731. The van der Waals surface area contributed by atoms with Gasteiger partial charge in [0.05, 0.1) is 33.8 Å². The van der Waals surface area contributed by atoms with Crippen LogP contribution in [0.4, 0.5) is 0 Å². The van der Waals surface area contributed by atoms with E-state index in [-0.39, 0.29) is 10.4 Å². The molecule has 0 aliphatic heterocycles. The summed E-state index contributed by atoms with van der Waals surface area (Å²) in [6.07, 6.45) is 0. The van der Waals surface area contributed by atoms with Gasteiger partial charge in [-0.2, -0.15) is 0 Å². The molecule has 3 nitrogen and oxygen atoms in total. The maximum atomic E-state index is 11.9. The van der Waals surface area contributed by atoms with Gasteiger partial charge < -0.3 is 4.74 Å². The quantitative estimate of drug-likeness (QED) is 0.667. The molecule has 0 spiro atoms. The second-order valence-electron chi connectivity index (χ2n) is 4.05. The molecule has 14 heavy (non-hydrogen) atoms. The van der Waals surface area contributed by atoms with Crippen LogP contribution in [0.1, 0.15) is 10.4 Å². The molecule has 0 aliphatic carbocycles. The number of hydrogen-bond donors (Lipinski definition) is 0. The Bertz CT molecular complexity index is 339. The second-order valence-corrected chi connectivity index (χ2v) is 4.05. The van der Waals surface area contributed by atoms with E-state index in [9.17, 15) is 4.79 Å². The van der Waals surface area contributed by atoms with Crippen LogP contribution in [-0.4, -0.2) is 38.6 Å². The zero-order chi connectivity index (χ0) is 10.8. The van der Waals surface area contributed by atoms with Crippen LogP contribution in [0.5, 0.6) is 5.75 Å². The number of carbonyl (C=O) groups is 1. The summed E-state index contributed by atoms with van der Waals surface area (Å²) >= 11 is 0. The predicted molar refractivity (Wildman–Crippen MR) is 55.4 cm³/mol. The average Bonchev–Trinajstić information content (AvgIpc) is 2.15. The summed E-state index contributed by atoms with van der Waals surface area (Å²) in [5.74, 6) is 0.785. The highest BCUT2D eigenvalue weighted by atomic mass is 16.5. The van der Waals surface area contributed by atoms with Gasteiger partial charge in [0.25, 0.3) is 0 Å². The molecule has 0 N–H and O–H groups in total. The fourth-order valence-corrected chi connectivity index (χ4v) is 1.14. The molecule has 0 saturated heterocycles. The van der Waals surface area contributed by atoms with Crippen molar-refractivity contribution in [3.8, 4) is 5.75 Å². The van der Waals surface area contributed by atoms with Crippen molar-refractivity contribution >= 4 is 5.91 Å². The molecule has 0 heterocycles. The summed E-state index contributed by atoms with van der Waals surface area (Å²) in [6, 6.07) is 7.20. The first kappa shape index (κ1) is 10.7. The molecule has 0 aliphatic rings. The molecular formula is C11H16NO2+. The third-order valence-electron chi connectivity index (χ3n) is 1.93. The molecule has 0 unspecified atom stereocenters. The van der Waals surface area contributed by atoms with Crippen molar-refractivity contribution in [3.63, 3.8) is 0 Å². The third kappa shape index (κ3) is 2.33. The molecule has 0 bridgehead atoms. The van der Waals surface area contributed by atoms with Gasteiger partial charge in [0, 0.05) is 0 Å². The van der Waals surface area contributed by atoms with Gasteiger partial charge >= 0.3 is 5.91 Å². The molecular weight excluding hydrogens is 178 g/mol. The Labute approximate surface area is 84.5 Å². The molecule has 76 valence electrons. The van der Waals surface area contributed by atoms with Crippen molar-refractivity contribution in [3.05, 3.63) is 29.8 Å². The van der Waals surface area contributed by atoms with Gasteiger partial charge in [-0.05, 0) is 18.2 Å². The molecule has 1 aromatic carbocycles. The van der Waals surface area contributed by atoms with Crippen LogP contribution in [0.15, 0.2) is 24.3 Å². The molecule has 0 radical (unpaired) electrons. The molecule has 3 heteroatoms. The van der Waals surface area contributed by atoms with E-state index >= 15 is 0 Å². The summed E-state index contributed by atoms with van der Waals surface area (Å²) in [6.45, 7) is 0. The molecule has 0 fully saturated rings. The smallest absolute Gasteiger partial charge is 0.345 e. The fraction of sp³-hybridized carbons (Fsp3) is 0.364. The first-order chi connectivity index (χ1) is 6.45. The zero-order valence-electron chi connectivity index (χ0n) is 9.07. The fourth-order valence-electron chi connectivity index (χ4n) is 1.14. The number of ether oxygens (including phenoxy) is 1. The normalized spacial score (nSPS) is 11.1. The van der Waals surface area contributed by atoms with Crippen LogP contribution >= 0.6 is 0 Å². The molecule has 1 aromatic rings. The minimum Gasteiger partial charge on any atom is -0.497 e. The van der Waals surface area contributed by atoms with Crippen LogP contribution in [0.3, 0.4) is 0 Å². The van der Waals surface area contributed by atoms with Crippen LogP contribution in [0, 0.1) is 0 Å². The highest BCUT2D eigenvalue weighted by Gasteiger charge is 2.22. The van der Waals surface area contributed by atoms with E-state index in [1.807, 2.05) is 33.3 Å². The number of nitrogens with zero attached hydrogens (tertiary/aromatic N) is 1. The summed E-state index contributed by atoms with van der Waals surface area (Å²) in [7, 11) is 7.14. The Hall–Kier alpha value is -1.35. The Morgan fingerprint density at radius 1 is 1.29 bits per heavy atom. The summed E-state index contributed by atoms with van der Waals surface area (Å²) in [5, 5.41) is 0. The zero-order valence-corrected chi connectivity index (χ0v) is 9.07. The molecule has 0 atom stereocenters. The molecule has 0 saturated carbocycles. The van der Waals surface area contributed by atoms with E-state index in [1.165, 1.54) is 0 Å². The van der Waals surface area contributed by atoms with Crippen LogP contribution < -0.4 is 4.74 Å². The van der Waals surface area contributed by atoms with E-state index in [4.69, 9.17) is 4.74 Å². The first-order valence-corrected chi connectivity index (χ1v) is 4.45. The number of methoxy groups -OCH3 is 1. The standard InChI is InChI=1S/C11H16NO2/c1-12(2,3)11(13)9-6-5-7-10(8-9)14-4/h5-8H,1-4H3/q+1. The number of carbonyl (C=O) groups excluding carboxylic acids is 1. The topological polar surface area (TPSA) is 26.3 Å². The van der Waals surface area contributed by atoms with Crippen LogP contribution in [0.25, 0.3) is 0 Å². The van der Waals surface area contributed by atoms with Gasteiger partial charge in [-0.25, -0.2) is 4.79 Å². The Balaban J connectivity index is 3.02. The second kappa shape index (κ2) is 3.80. The van der Waals surface area contributed by atoms with Gasteiger partial charge in [-0.1, -0.05) is 6.07 Å². The number of quaternary nitrogens is 1. The number of amides is 1. The van der Waals surface area contributed by atoms with E-state index in [0.717, 1.165) is 0 Å². The maximum absolute atomic E-state index is 11.9. The first-order valence-electron chi connectivity index (χ1n) is 4.45. The highest BCUT2D eigenvalue weighted by molar-refractivity contribution is 5.89. The molecule has 1 rings (SSSR count). The lowest BCUT2D eigenvalue weighted by Crippen LogP contribution is -2.41. The van der Waals surface area contributed by atoms with Crippen LogP contribution in [0.2, 0.25) is 0 Å². The minimum atomic E-state index is 0.0731. The summed E-state index contributed by atoms with van der Waals surface area (Å²) < 4.78 is 5.34. The van der Waals surface area contributed by atoms with Crippen molar-refractivity contribution in [2.75, 3.05) is 28.3 Å².